The van der Waals surface area contributed by atoms with E-state index in [0.717, 1.165) is 36.5 Å². The standard InChI is InChI=1S/C46H55N3O4/c1-30(27-45(3,4)5)24-25-33(31(2)28-46(6,7)8)29-53-44(52)37-21-13-14-22-40(37)48-49-41-26-38(42(50)36-20-12-11-19-35(36)41)43(51)47-39-23-15-17-32-16-9-10-18-34(32)39/h9-23,26,30-31,33,50H,24-25,27-29H2,1-8H3,(H,47,51). The number of nitrogens with one attached hydrogen (secondary N) is 1. The van der Waals surface area contributed by atoms with Crippen molar-refractivity contribution in [3.63, 3.8) is 0 Å². The summed E-state index contributed by atoms with van der Waals surface area (Å²) in [7, 11) is 0. The number of amides is 1. The number of esters is 1. The van der Waals surface area contributed by atoms with Crippen LogP contribution < -0.4 is 5.32 Å². The van der Waals surface area contributed by atoms with Crippen molar-refractivity contribution in [2.45, 2.75) is 81.1 Å². The third-order valence-electron chi connectivity index (χ3n) is 9.82. The number of benzene rings is 5. The van der Waals surface area contributed by atoms with Crippen molar-refractivity contribution < 1.29 is 19.4 Å². The molecule has 0 bridgehead atoms. The number of aromatic hydroxyl groups is 1. The van der Waals surface area contributed by atoms with E-state index in [2.05, 4.69) is 70.9 Å². The fourth-order valence-electron chi connectivity index (χ4n) is 7.53. The van der Waals surface area contributed by atoms with Gasteiger partial charge < -0.3 is 15.2 Å². The van der Waals surface area contributed by atoms with E-state index in [9.17, 15) is 14.7 Å². The summed E-state index contributed by atoms with van der Waals surface area (Å²) in [5.74, 6) is 0.126. The molecule has 7 heteroatoms. The Kier molecular flexibility index (Phi) is 12.4. The lowest BCUT2D eigenvalue weighted by Gasteiger charge is -2.31. The fraction of sp³-hybridized carbons (Fsp3) is 0.391. The van der Waals surface area contributed by atoms with Crippen LogP contribution in [0.15, 0.2) is 107 Å². The maximum absolute atomic E-state index is 13.7. The Bertz CT molecular complexity index is 2080. The number of phenols is 1. The first kappa shape index (κ1) is 39.2. The third kappa shape index (κ3) is 10.5. The number of rotatable bonds is 13. The maximum atomic E-state index is 13.7. The average Bonchev–Trinajstić information content (AvgIpc) is 3.10. The average molecular weight is 714 g/mol. The summed E-state index contributed by atoms with van der Waals surface area (Å²) < 4.78 is 6.05. The van der Waals surface area contributed by atoms with E-state index in [1.54, 1.807) is 36.4 Å². The molecule has 3 unspecified atom stereocenters. The number of hydrogen-bond acceptors (Lipinski definition) is 6. The highest BCUT2D eigenvalue weighted by Gasteiger charge is 2.26. The first-order valence-corrected chi connectivity index (χ1v) is 18.8. The molecule has 0 saturated carbocycles. The second-order valence-corrected chi connectivity index (χ2v) is 17.1. The number of carbonyl (C=O) groups is 2. The number of nitrogens with zero attached hydrogens (tertiary/aromatic N) is 2. The molecular formula is C46H55N3O4. The Hall–Kier alpha value is -5.04. The molecule has 7 nitrogen and oxygen atoms in total. The molecule has 0 saturated heterocycles. The Morgan fingerprint density at radius 2 is 1.30 bits per heavy atom. The van der Waals surface area contributed by atoms with Gasteiger partial charge in [-0.15, -0.1) is 10.2 Å². The third-order valence-corrected chi connectivity index (χ3v) is 9.82. The molecule has 0 fully saturated rings. The summed E-state index contributed by atoms with van der Waals surface area (Å²) in [5, 5.41) is 26.3. The lowest BCUT2D eigenvalue weighted by atomic mass is 9.76. The maximum Gasteiger partial charge on any atom is 0.340 e. The van der Waals surface area contributed by atoms with Crippen molar-refractivity contribution >= 4 is 50.5 Å². The van der Waals surface area contributed by atoms with Crippen LogP contribution in [-0.2, 0) is 4.74 Å². The Balaban J connectivity index is 1.38. The number of hydrogen-bond donors (Lipinski definition) is 2. The molecule has 53 heavy (non-hydrogen) atoms. The monoisotopic (exact) mass is 713 g/mol. The number of ether oxygens (including phenoxy) is 1. The van der Waals surface area contributed by atoms with Gasteiger partial charge >= 0.3 is 5.97 Å². The van der Waals surface area contributed by atoms with Gasteiger partial charge in [0.2, 0.25) is 0 Å². The van der Waals surface area contributed by atoms with Gasteiger partial charge in [0.1, 0.15) is 11.4 Å². The number of azo groups is 1. The van der Waals surface area contributed by atoms with Gasteiger partial charge in [-0.25, -0.2) is 4.79 Å². The molecule has 0 spiro atoms. The van der Waals surface area contributed by atoms with Crippen LogP contribution in [0.5, 0.6) is 5.75 Å². The first-order chi connectivity index (χ1) is 25.1. The minimum absolute atomic E-state index is 0.0607. The van der Waals surface area contributed by atoms with Crippen molar-refractivity contribution in [2.24, 2.45) is 38.8 Å². The molecule has 1 amide bonds. The van der Waals surface area contributed by atoms with Gasteiger partial charge in [0.15, 0.2) is 0 Å². The number of fused-ring (bicyclic) bond motifs is 2. The summed E-state index contributed by atoms with van der Waals surface area (Å²) >= 11 is 0. The summed E-state index contributed by atoms with van der Waals surface area (Å²) in [5.41, 5.74) is 2.18. The molecule has 5 aromatic rings. The highest BCUT2D eigenvalue weighted by molar-refractivity contribution is 6.14. The highest BCUT2D eigenvalue weighted by Crippen LogP contribution is 2.39. The van der Waals surface area contributed by atoms with Crippen LogP contribution in [0.2, 0.25) is 0 Å². The lowest BCUT2D eigenvalue weighted by molar-refractivity contribution is 0.0357. The predicted octanol–water partition coefficient (Wildman–Crippen LogP) is 13.1. The van der Waals surface area contributed by atoms with Crippen molar-refractivity contribution in [3.05, 3.63) is 108 Å². The van der Waals surface area contributed by atoms with Crippen LogP contribution in [-0.4, -0.2) is 23.6 Å². The Labute approximate surface area is 314 Å². The van der Waals surface area contributed by atoms with E-state index in [1.165, 1.54) is 6.07 Å². The Morgan fingerprint density at radius 3 is 2.02 bits per heavy atom. The van der Waals surface area contributed by atoms with E-state index >= 15 is 0 Å². The van der Waals surface area contributed by atoms with Gasteiger partial charge in [0, 0.05) is 21.8 Å². The van der Waals surface area contributed by atoms with Crippen LogP contribution in [0, 0.1) is 28.6 Å². The molecule has 0 aliphatic rings. The molecule has 2 N–H and O–H groups in total. The van der Waals surface area contributed by atoms with Crippen molar-refractivity contribution in [1.82, 2.24) is 0 Å². The SMILES string of the molecule is CC(CCC(COC(=O)c1ccccc1N=Nc1cc(C(=O)Nc2cccc3ccccc23)c(O)c2ccccc12)C(C)CC(C)(C)C)CC(C)(C)C. The van der Waals surface area contributed by atoms with Gasteiger partial charge in [0.25, 0.3) is 5.91 Å². The summed E-state index contributed by atoms with van der Waals surface area (Å²) in [6, 6.07) is 29.2. The normalized spacial score (nSPS) is 14.0. The fourth-order valence-corrected chi connectivity index (χ4v) is 7.53. The molecule has 0 aromatic heterocycles. The van der Waals surface area contributed by atoms with E-state index in [0.29, 0.717) is 51.8 Å². The Morgan fingerprint density at radius 1 is 0.698 bits per heavy atom. The predicted molar refractivity (Wildman–Crippen MR) is 218 cm³/mol. The van der Waals surface area contributed by atoms with E-state index in [4.69, 9.17) is 4.74 Å². The zero-order chi connectivity index (χ0) is 38.3. The molecule has 0 aliphatic heterocycles. The minimum Gasteiger partial charge on any atom is -0.506 e. The smallest absolute Gasteiger partial charge is 0.340 e. The molecule has 5 rings (SSSR count). The molecule has 3 atom stereocenters. The van der Waals surface area contributed by atoms with E-state index < -0.39 is 11.9 Å². The molecule has 0 heterocycles. The first-order valence-electron chi connectivity index (χ1n) is 18.8. The molecule has 0 radical (unpaired) electrons. The van der Waals surface area contributed by atoms with Crippen LogP contribution in [0.25, 0.3) is 21.5 Å². The minimum atomic E-state index is -0.479. The lowest BCUT2D eigenvalue weighted by Crippen LogP contribution is -2.25. The second kappa shape index (κ2) is 16.7. The zero-order valence-corrected chi connectivity index (χ0v) is 32.6. The van der Waals surface area contributed by atoms with Crippen molar-refractivity contribution in [3.8, 4) is 5.75 Å². The van der Waals surface area contributed by atoms with Gasteiger partial charge in [0.05, 0.1) is 23.4 Å². The summed E-state index contributed by atoms with van der Waals surface area (Å²) in [4.78, 5) is 27.4. The second-order valence-electron chi connectivity index (χ2n) is 17.1. The van der Waals surface area contributed by atoms with E-state index in [-0.39, 0.29) is 28.1 Å². The number of anilines is 1. The molecule has 5 aromatic carbocycles. The van der Waals surface area contributed by atoms with Crippen LogP contribution in [0.4, 0.5) is 17.1 Å². The van der Waals surface area contributed by atoms with Crippen LogP contribution in [0.1, 0.15) is 102 Å². The molecule has 0 aliphatic carbocycles. The quantitative estimate of drug-likeness (QED) is 0.0937. The topological polar surface area (TPSA) is 100 Å². The number of phenolic OH excluding ortho intramolecular Hbond substituents is 1. The van der Waals surface area contributed by atoms with Crippen LogP contribution >= 0.6 is 0 Å². The molecule has 278 valence electrons. The van der Waals surface area contributed by atoms with Crippen molar-refractivity contribution in [1.29, 1.82) is 0 Å². The van der Waals surface area contributed by atoms with Gasteiger partial charge in [-0.05, 0) is 77.5 Å². The highest BCUT2D eigenvalue weighted by atomic mass is 16.5. The van der Waals surface area contributed by atoms with E-state index in [1.807, 2.05) is 54.6 Å². The van der Waals surface area contributed by atoms with Crippen LogP contribution in [0.3, 0.4) is 0 Å². The van der Waals surface area contributed by atoms with Gasteiger partial charge in [-0.1, -0.05) is 135 Å². The summed E-state index contributed by atoms with van der Waals surface area (Å²) in [6.07, 6.45) is 4.27. The van der Waals surface area contributed by atoms with Gasteiger partial charge in [-0.2, -0.15) is 0 Å². The number of carbonyl (C=O) groups excluding carboxylic acids is 2. The summed E-state index contributed by atoms with van der Waals surface area (Å²) in [6.45, 7) is 18.6. The van der Waals surface area contributed by atoms with Gasteiger partial charge in [-0.3, -0.25) is 4.79 Å². The largest absolute Gasteiger partial charge is 0.506 e. The van der Waals surface area contributed by atoms with Crippen molar-refractivity contribution in [2.75, 3.05) is 11.9 Å². The zero-order valence-electron chi connectivity index (χ0n) is 32.6. The molecular weight excluding hydrogens is 659 g/mol.